The van der Waals surface area contributed by atoms with Crippen molar-refractivity contribution < 1.29 is 0 Å². The first-order chi connectivity index (χ1) is 11.1. The van der Waals surface area contributed by atoms with Crippen molar-refractivity contribution in [2.24, 2.45) is 5.92 Å². The van der Waals surface area contributed by atoms with E-state index in [1.165, 1.54) is 17.0 Å². The lowest BCUT2D eigenvalue weighted by atomic mass is 10.1. The van der Waals surface area contributed by atoms with Crippen molar-refractivity contribution in [2.75, 3.05) is 26.7 Å². The molecule has 0 aromatic carbocycles. The fourth-order valence-corrected chi connectivity index (χ4v) is 4.16. The van der Waals surface area contributed by atoms with Crippen molar-refractivity contribution in [3.63, 3.8) is 0 Å². The number of aromatic nitrogens is 3. The summed E-state index contributed by atoms with van der Waals surface area (Å²) in [4.78, 5) is 19.3. The summed E-state index contributed by atoms with van der Waals surface area (Å²) in [6.07, 6.45) is 6.66. The Labute approximate surface area is 142 Å². The van der Waals surface area contributed by atoms with Crippen LogP contribution in [-0.4, -0.2) is 51.4 Å². The van der Waals surface area contributed by atoms with Crippen LogP contribution in [0.2, 0.25) is 0 Å². The van der Waals surface area contributed by atoms with Gasteiger partial charge in [0.1, 0.15) is 0 Å². The van der Waals surface area contributed by atoms with E-state index in [-0.39, 0.29) is 0 Å². The van der Waals surface area contributed by atoms with Gasteiger partial charge >= 0.3 is 0 Å². The molecule has 0 unspecified atom stereocenters. The fraction of sp³-hybridized carbons (Fsp3) is 0.588. The van der Waals surface area contributed by atoms with Crippen molar-refractivity contribution in [1.29, 1.82) is 0 Å². The minimum Gasteiger partial charge on any atom is -0.301 e. The first-order valence-corrected chi connectivity index (χ1v) is 9.09. The highest BCUT2D eigenvalue weighted by atomic mass is 32.1. The monoisotopic (exact) mass is 331 g/mol. The summed E-state index contributed by atoms with van der Waals surface area (Å²) in [5.41, 5.74) is 4.19. The van der Waals surface area contributed by atoms with Crippen molar-refractivity contribution in [3.05, 3.63) is 40.4 Å². The largest absolute Gasteiger partial charge is 0.301 e. The van der Waals surface area contributed by atoms with Crippen LogP contribution in [0, 0.1) is 12.8 Å². The Morgan fingerprint density at radius 1 is 1.39 bits per heavy atom. The first-order valence-electron chi connectivity index (χ1n) is 8.21. The molecule has 3 heterocycles. The van der Waals surface area contributed by atoms with Crippen molar-refractivity contribution >= 4 is 11.3 Å². The molecule has 0 bridgehead atoms. The summed E-state index contributed by atoms with van der Waals surface area (Å²) in [5, 5.41) is 0. The van der Waals surface area contributed by atoms with Gasteiger partial charge in [-0.05, 0) is 39.8 Å². The third-order valence-corrected chi connectivity index (χ3v) is 5.62. The van der Waals surface area contributed by atoms with Crippen LogP contribution < -0.4 is 0 Å². The Balaban J connectivity index is 1.51. The molecule has 1 aliphatic heterocycles. The van der Waals surface area contributed by atoms with Gasteiger partial charge in [-0.3, -0.25) is 14.9 Å². The minimum atomic E-state index is 0.350. The summed E-state index contributed by atoms with van der Waals surface area (Å²) in [6, 6.07) is 0.350. The topological polar surface area (TPSA) is 45.2 Å². The molecule has 3 rings (SSSR count). The molecule has 1 saturated heterocycles. The number of hydrogen-bond acceptors (Lipinski definition) is 6. The number of aryl methyl sites for hydroxylation is 1. The first kappa shape index (κ1) is 16.5. The Morgan fingerprint density at radius 2 is 2.26 bits per heavy atom. The van der Waals surface area contributed by atoms with Crippen LogP contribution in [-0.2, 0) is 6.54 Å². The third-order valence-electron chi connectivity index (χ3n) is 4.70. The van der Waals surface area contributed by atoms with Crippen LogP contribution in [0.4, 0.5) is 0 Å². The number of hydrogen-bond donors (Lipinski definition) is 0. The maximum Gasteiger partial charge on any atom is 0.0798 e. The molecule has 0 N–H and O–H groups in total. The Hall–Kier alpha value is -1.37. The van der Waals surface area contributed by atoms with Gasteiger partial charge in [-0.15, -0.1) is 11.3 Å². The van der Waals surface area contributed by atoms with Crippen LogP contribution in [0.15, 0.2) is 24.1 Å². The average Bonchev–Trinajstić information content (AvgIpc) is 3.17. The molecule has 5 nitrogen and oxygen atoms in total. The Kier molecular flexibility index (Phi) is 5.35. The van der Waals surface area contributed by atoms with Gasteiger partial charge in [0.15, 0.2) is 0 Å². The van der Waals surface area contributed by atoms with E-state index in [1.807, 2.05) is 11.7 Å². The number of thiazole rings is 1. The predicted molar refractivity (Wildman–Crippen MR) is 93.3 cm³/mol. The van der Waals surface area contributed by atoms with E-state index in [1.54, 1.807) is 23.7 Å². The SMILES string of the molecule is Cc1ncsc1CN(C)C[C@H]1CCN([C@@H](C)c2cnccn2)C1. The summed E-state index contributed by atoms with van der Waals surface area (Å²) in [5.74, 6) is 0.729. The summed E-state index contributed by atoms with van der Waals surface area (Å²) in [6.45, 7) is 8.77. The zero-order valence-corrected chi connectivity index (χ0v) is 15.0. The molecular weight excluding hydrogens is 306 g/mol. The Bertz CT molecular complexity index is 614. The van der Waals surface area contributed by atoms with Crippen LogP contribution in [0.3, 0.4) is 0 Å². The standard InChI is InChI=1S/C17H25N5S/c1-13-17(23-12-20-13)11-21(3)9-15-4-7-22(10-15)14(2)16-8-18-5-6-19-16/h5-6,8,12,14-15H,4,7,9-11H2,1-3H3/t14-,15+/m0/s1. The van der Waals surface area contributed by atoms with Gasteiger partial charge in [0.05, 0.1) is 22.9 Å². The molecule has 2 atom stereocenters. The van der Waals surface area contributed by atoms with E-state index in [0.717, 1.165) is 37.8 Å². The zero-order chi connectivity index (χ0) is 16.2. The maximum absolute atomic E-state index is 4.45. The second kappa shape index (κ2) is 7.47. The highest BCUT2D eigenvalue weighted by Crippen LogP contribution is 2.26. The quantitative estimate of drug-likeness (QED) is 0.814. The molecule has 0 spiro atoms. The average molecular weight is 331 g/mol. The summed E-state index contributed by atoms with van der Waals surface area (Å²) >= 11 is 1.76. The molecule has 23 heavy (non-hydrogen) atoms. The molecule has 1 fully saturated rings. The predicted octanol–water partition coefficient (Wildman–Crippen LogP) is 2.76. The molecule has 6 heteroatoms. The van der Waals surface area contributed by atoms with Crippen LogP contribution >= 0.6 is 11.3 Å². The highest BCUT2D eigenvalue weighted by Gasteiger charge is 2.28. The van der Waals surface area contributed by atoms with Crippen molar-refractivity contribution in [2.45, 2.75) is 32.9 Å². The van der Waals surface area contributed by atoms with E-state index in [2.05, 4.69) is 45.6 Å². The smallest absolute Gasteiger partial charge is 0.0798 e. The number of nitrogens with zero attached hydrogens (tertiary/aromatic N) is 5. The molecule has 0 amide bonds. The summed E-state index contributed by atoms with van der Waals surface area (Å²) < 4.78 is 0. The lowest BCUT2D eigenvalue weighted by molar-refractivity contribution is 0.225. The fourth-order valence-electron chi connectivity index (χ4n) is 3.31. The van der Waals surface area contributed by atoms with Crippen molar-refractivity contribution in [1.82, 2.24) is 24.8 Å². The molecule has 124 valence electrons. The minimum absolute atomic E-state index is 0.350. The Morgan fingerprint density at radius 3 is 2.96 bits per heavy atom. The molecule has 0 radical (unpaired) electrons. The highest BCUT2D eigenvalue weighted by molar-refractivity contribution is 7.09. The van der Waals surface area contributed by atoms with Gasteiger partial charge in [0.25, 0.3) is 0 Å². The van der Waals surface area contributed by atoms with Crippen LogP contribution in [0.5, 0.6) is 0 Å². The van der Waals surface area contributed by atoms with Gasteiger partial charge < -0.3 is 4.90 Å². The van der Waals surface area contributed by atoms with Gasteiger partial charge in [-0.2, -0.15) is 0 Å². The van der Waals surface area contributed by atoms with Gasteiger partial charge in [-0.25, -0.2) is 4.98 Å². The van der Waals surface area contributed by atoms with E-state index < -0.39 is 0 Å². The molecule has 2 aromatic rings. The van der Waals surface area contributed by atoms with Crippen LogP contribution in [0.1, 0.15) is 35.7 Å². The number of likely N-dealkylation sites (tertiary alicyclic amines) is 1. The van der Waals surface area contributed by atoms with Gasteiger partial charge in [0, 0.05) is 43.1 Å². The van der Waals surface area contributed by atoms with Crippen molar-refractivity contribution in [3.8, 4) is 0 Å². The second-order valence-electron chi connectivity index (χ2n) is 6.51. The molecule has 1 aliphatic rings. The molecule has 0 aliphatic carbocycles. The number of rotatable bonds is 6. The normalized spacial score (nSPS) is 20.3. The van der Waals surface area contributed by atoms with Gasteiger partial charge in [-0.1, -0.05) is 0 Å². The van der Waals surface area contributed by atoms with Crippen LogP contribution in [0.25, 0.3) is 0 Å². The van der Waals surface area contributed by atoms with E-state index in [4.69, 9.17) is 0 Å². The van der Waals surface area contributed by atoms with Gasteiger partial charge in [0.2, 0.25) is 0 Å². The second-order valence-corrected chi connectivity index (χ2v) is 7.45. The maximum atomic E-state index is 4.45. The molecule has 0 saturated carbocycles. The van der Waals surface area contributed by atoms with E-state index in [9.17, 15) is 0 Å². The lowest BCUT2D eigenvalue weighted by Gasteiger charge is -2.25. The van der Waals surface area contributed by atoms with E-state index in [0.29, 0.717) is 6.04 Å². The summed E-state index contributed by atoms with van der Waals surface area (Å²) in [7, 11) is 2.22. The third kappa shape index (κ3) is 4.13. The molecular formula is C17H25N5S. The van der Waals surface area contributed by atoms with E-state index >= 15 is 0 Å². The molecule has 2 aromatic heterocycles. The lowest BCUT2D eigenvalue weighted by Crippen LogP contribution is -2.29. The zero-order valence-electron chi connectivity index (χ0n) is 14.1.